The Morgan fingerprint density at radius 1 is 0.346 bits per heavy atom. The molecule has 0 radical (unpaired) electrons. The van der Waals surface area contributed by atoms with Gasteiger partial charge in [0.05, 0.1) is 16.7 Å². The monoisotopic (exact) mass is 677 g/mol. The summed E-state index contributed by atoms with van der Waals surface area (Å²) in [5.41, 5.74) is 11.1. The molecule has 0 bridgehead atoms. The van der Waals surface area contributed by atoms with Crippen LogP contribution >= 0.6 is 11.3 Å². The Kier molecular flexibility index (Phi) is 6.49. The van der Waals surface area contributed by atoms with Crippen LogP contribution in [0.5, 0.6) is 0 Å². The average molecular weight is 678 g/mol. The highest BCUT2D eigenvalue weighted by Gasteiger charge is 2.22. The van der Waals surface area contributed by atoms with Gasteiger partial charge in [-0.05, 0) is 79.9 Å². The van der Waals surface area contributed by atoms with E-state index in [9.17, 15) is 0 Å². The minimum Gasteiger partial charge on any atom is -0.309 e. The van der Waals surface area contributed by atoms with Crippen molar-refractivity contribution < 1.29 is 0 Å². The second-order valence-corrected chi connectivity index (χ2v) is 14.6. The Bertz CT molecular complexity index is 3170. The predicted molar refractivity (Wildman–Crippen MR) is 225 cm³/mol. The SMILES string of the molecule is c1ccc(-c2c3ccccc3c(-c3ccccc3)c3c(-n4c5ccccc5c5cc(-c6cccc7c6sc6ccccc67)ccc54)cccc23)cc1. The summed E-state index contributed by atoms with van der Waals surface area (Å²) in [6.07, 6.45) is 0. The fraction of sp³-hybridized carbons (Fsp3) is 0. The van der Waals surface area contributed by atoms with E-state index in [1.54, 1.807) is 0 Å². The molecule has 0 unspecified atom stereocenters. The van der Waals surface area contributed by atoms with Crippen molar-refractivity contribution in [1.29, 1.82) is 0 Å². The van der Waals surface area contributed by atoms with Gasteiger partial charge in [-0.15, -0.1) is 11.3 Å². The van der Waals surface area contributed by atoms with Gasteiger partial charge in [0.15, 0.2) is 0 Å². The summed E-state index contributed by atoms with van der Waals surface area (Å²) in [5.74, 6) is 0. The van der Waals surface area contributed by atoms with E-state index in [4.69, 9.17) is 0 Å². The average Bonchev–Trinajstić information content (AvgIpc) is 3.76. The lowest BCUT2D eigenvalue weighted by Gasteiger charge is -2.21. The van der Waals surface area contributed by atoms with Gasteiger partial charge in [0, 0.05) is 36.3 Å². The molecule has 2 aromatic heterocycles. The number of rotatable bonds is 4. The van der Waals surface area contributed by atoms with Crippen LogP contribution in [0.25, 0.3) is 103 Å². The molecule has 0 aliphatic rings. The number of aromatic nitrogens is 1. The third kappa shape index (κ3) is 4.28. The molecule has 0 N–H and O–H groups in total. The zero-order valence-electron chi connectivity index (χ0n) is 28.3. The maximum atomic E-state index is 2.51. The molecule has 11 rings (SSSR count). The maximum absolute atomic E-state index is 2.51. The molecule has 0 amide bonds. The van der Waals surface area contributed by atoms with Gasteiger partial charge in [-0.25, -0.2) is 0 Å². The highest BCUT2D eigenvalue weighted by molar-refractivity contribution is 7.26. The summed E-state index contributed by atoms with van der Waals surface area (Å²) < 4.78 is 5.18. The molecule has 11 aromatic rings. The second-order valence-electron chi connectivity index (χ2n) is 13.6. The van der Waals surface area contributed by atoms with E-state index in [-0.39, 0.29) is 0 Å². The third-order valence-corrected chi connectivity index (χ3v) is 12.0. The van der Waals surface area contributed by atoms with E-state index in [1.165, 1.54) is 103 Å². The van der Waals surface area contributed by atoms with Crippen molar-refractivity contribution in [2.45, 2.75) is 0 Å². The normalized spacial score (nSPS) is 11.8. The topological polar surface area (TPSA) is 4.93 Å². The summed E-state index contributed by atoms with van der Waals surface area (Å²) in [6, 6.07) is 69.1. The van der Waals surface area contributed by atoms with E-state index >= 15 is 0 Å². The zero-order chi connectivity index (χ0) is 34.2. The minimum absolute atomic E-state index is 1.19. The van der Waals surface area contributed by atoms with Gasteiger partial charge in [0.2, 0.25) is 0 Å². The zero-order valence-corrected chi connectivity index (χ0v) is 29.1. The van der Waals surface area contributed by atoms with Crippen molar-refractivity contribution in [3.63, 3.8) is 0 Å². The molecule has 0 atom stereocenters. The van der Waals surface area contributed by atoms with Crippen LogP contribution < -0.4 is 0 Å². The Morgan fingerprint density at radius 3 is 1.71 bits per heavy atom. The highest BCUT2D eigenvalue weighted by atomic mass is 32.1. The smallest absolute Gasteiger partial charge is 0.0547 e. The molecular formula is C50H31NS. The number of nitrogens with zero attached hydrogens (tertiary/aromatic N) is 1. The number of hydrogen-bond acceptors (Lipinski definition) is 1. The molecule has 0 fully saturated rings. The fourth-order valence-corrected chi connectivity index (χ4v) is 9.83. The van der Waals surface area contributed by atoms with Gasteiger partial charge < -0.3 is 4.57 Å². The Morgan fingerprint density at radius 2 is 0.923 bits per heavy atom. The first-order valence-corrected chi connectivity index (χ1v) is 18.7. The van der Waals surface area contributed by atoms with Crippen LogP contribution in [0.4, 0.5) is 0 Å². The van der Waals surface area contributed by atoms with Crippen molar-refractivity contribution in [3.05, 3.63) is 188 Å². The molecule has 242 valence electrons. The lowest BCUT2D eigenvalue weighted by Crippen LogP contribution is -1.99. The standard InChI is InChI=1S/C50H31NS/c1-3-15-32(16-4-1)47-38-21-7-8-22-39(38)48(33-17-5-2-6-18-33)49-41(47)25-14-27-45(49)51-43-26-11-9-19-36(43)42-31-34(29-30-44(42)51)35-23-13-24-40-37-20-10-12-28-46(37)52-50(35)40/h1-31H. The molecule has 52 heavy (non-hydrogen) atoms. The first-order valence-electron chi connectivity index (χ1n) is 17.9. The number of benzene rings is 9. The Hall–Kier alpha value is -6.48. The van der Waals surface area contributed by atoms with Gasteiger partial charge in [0.1, 0.15) is 0 Å². The summed E-state index contributed by atoms with van der Waals surface area (Å²) in [4.78, 5) is 0. The van der Waals surface area contributed by atoms with Crippen LogP contribution in [0.1, 0.15) is 0 Å². The fourth-order valence-electron chi connectivity index (χ4n) is 8.59. The lowest BCUT2D eigenvalue weighted by atomic mass is 9.85. The van der Waals surface area contributed by atoms with Crippen molar-refractivity contribution in [2.75, 3.05) is 0 Å². The van der Waals surface area contributed by atoms with Crippen LogP contribution in [0.3, 0.4) is 0 Å². The first-order chi connectivity index (χ1) is 25.8. The number of thiophene rings is 1. The molecule has 0 aliphatic carbocycles. The second kappa shape index (κ2) is 11.5. The largest absolute Gasteiger partial charge is 0.309 e. The van der Waals surface area contributed by atoms with E-state index < -0.39 is 0 Å². The molecular weight excluding hydrogens is 647 g/mol. The van der Waals surface area contributed by atoms with Gasteiger partial charge in [-0.3, -0.25) is 0 Å². The molecule has 2 heteroatoms. The van der Waals surface area contributed by atoms with E-state index in [0.29, 0.717) is 0 Å². The van der Waals surface area contributed by atoms with Gasteiger partial charge in [0.25, 0.3) is 0 Å². The summed E-state index contributed by atoms with van der Waals surface area (Å²) in [6.45, 7) is 0. The predicted octanol–water partition coefficient (Wildman–Crippen LogP) is 14.5. The summed E-state index contributed by atoms with van der Waals surface area (Å²) in [5, 5.41) is 10.2. The summed E-state index contributed by atoms with van der Waals surface area (Å²) in [7, 11) is 0. The minimum atomic E-state index is 1.19. The summed E-state index contributed by atoms with van der Waals surface area (Å²) >= 11 is 1.89. The van der Waals surface area contributed by atoms with E-state index in [2.05, 4.69) is 193 Å². The molecule has 0 spiro atoms. The van der Waals surface area contributed by atoms with Crippen molar-refractivity contribution >= 4 is 74.9 Å². The quantitative estimate of drug-likeness (QED) is 0.163. The van der Waals surface area contributed by atoms with Crippen LogP contribution in [0.15, 0.2) is 188 Å². The first kappa shape index (κ1) is 29.3. The highest BCUT2D eigenvalue weighted by Crippen LogP contribution is 2.48. The maximum Gasteiger partial charge on any atom is 0.0547 e. The number of fused-ring (bicyclic) bond motifs is 8. The van der Waals surface area contributed by atoms with Gasteiger partial charge in [-0.1, -0.05) is 158 Å². The number of para-hydroxylation sites is 1. The molecule has 0 saturated heterocycles. The van der Waals surface area contributed by atoms with Crippen LogP contribution in [-0.4, -0.2) is 4.57 Å². The van der Waals surface area contributed by atoms with E-state index in [1.807, 2.05) is 11.3 Å². The van der Waals surface area contributed by atoms with Crippen LogP contribution in [0, 0.1) is 0 Å². The lowest BCUT2D eigenvalue weighted by molar-refractivity contribution is 1.20. The van der Waals surface area contributed by atoms with Crippen molar-refractivity contribution in [2.24, 2.45) is 0 Å². The van der Waals surface area contributed by atoms with E-state index in [0.717, 1.165) is 0 Å². The molecule has 9 aromatic carbocycles. The molecule has 0 saturated carbocycles. The van der Waals surface area contributed by atoms with Gasteiger partial charge in [-0.2, -0.15) is 0 Å². The Labute approximate surface area is 305 Å². The number of hydrogen-bond donors (Lipinski definition) is 0. The third-order valence-electron chi connectivity index (χ3n) is 10.8. The van der Waals surface area contributed by atoms with Crippen molar-refractivity contribution in [3.8, 4) is 39.1 Å². The van der Waals surface area contributed by atoms with Crippen LogP contribution in [0.2, 0.25) is 0 Å². The molecule has 0 aliphatic heterocycles. The van der Waals surface area contributed by atoms with Crippen molar-refractivity contribution in [1.82, 2.24) is 4.57 Å². The van der Waals surface area contributed by atoms with Crippen LogP contribution in [-0.2, 0) is 0 Å². The van der Waals surface area contributed by atoms with Gasteiger partial charge >= 0.3 is 0 Å². The Balaban J connectivity index is 1.25. The molecule has 1 nitrogen and oxygen atoms in total. The molecule has 2 heterocycles.